The predicted octanol–water partition coefficient (Wildman–Crippen LogP) is 1.44. The fraction of sp³-hybridized carbons (Fsp3) is 0.500. The van der Waals surface area contributed by atoms with Crippen molar-refractivity contribution in [3.63, 3.8) is 0 Å². The minimum atomic E-state index is -0.807. The Morgan fingerprint density at radius 1 is 1.26 bits per heavy atom. The normalized spacial score (nSPS) is 21.1. The first-order chi connectivity index (χ1) is 16.7. The van der Waals surface area contributed by atoms with E-state index in [1.165, 1.54) is 0 Å². The minimum Gasteiger partial charge on any atom is -0.491 e. The number of fused-ring (bicyclic) bond motifs is 2. The highest BCUT2D eigenvalue weighted by Crippen LogP contribution is 2.35. The number of carbonyl (C=O) groups is 1. The Balaban J connectivity index is 1.27. The number of nitrogens with zero attached hydrogens (tertiary/aromatic N) is 4. The van der Waals surface area contributed by atoms with Crippen molar-refractivity contribution in [2.45, 2.75) is 44.4 Å². The van der Waals surface area contributed by atoms with Gasteiger partial charge in [-0.1, -0.05) is 12.1 Å². The van der Waals surface area contributed by atoms with Gasteiger partial charge in [0.05, 0.1) is 19.0 Å². The number of hydrogen-bond acceptors (Lipinski definition) is 9. The topological polar surface area (TPSA) is 136 Å². The van der Waals surface area contributed by atoms with Gasteiger partial charge >= 0.3 is 0 Å². The molecule has 2 aromatic heterocycles. The molecule has 0 bridgehead atoms. The van der Waals surface area contributed by atoms with Crippen molar-refractivity contribution in [2.75, 3.05) is 31.2 Å². The summed E-state index contributed by atoms with van der Waals surface area (Å²) in [6.45, 7) is 1.63. The molecule has 1 aliphatic carbocycles. The van der Waals surface area contributed by atoms with Crippen molar-refractivity contribution < 1.29 is 19.7 Å². The van der Waals surface area contributed by atoms with Crippen LogP contribution in [0.1, 0.15) is 41.6 Å². The third-order valence-electron chi connectivity index (χ3n) is 6.80. The molecule has 34 heavy (non-hydrogen) atoms. The predicted molar refractivity (Wildman–Crippen MR) is 126 cm³/mol. The first-order valence-corrected chi connectivity index (χ1v) is 11.9. The average Bonchev–Trinajstić information content (AvgIpc) is 3.52. The van der Waals surface area contributed by atoms with E-state index >= 15 is 0 Å². The van der Waals surface area contributed by atoms with Crippen LogP contribution in [0.5, 0.6) is 5.75 Å². The van der Waals surface area contributed by atoms with Gasteiger partial charge in [-0.2, -0.15) is 0 Å². The summed E-state index contributed by atoms with van der Waals surface area (Å²) in [5.41, 5.74) is 3.11. The molecular formula is C24H30N6O4. The second-order valence-electron chi connectivity index (χ2n) is 8.91. The van der Waals surface area contributed by atoms with Gasteiger partial charge in [0.25, 0.3) is 0 Å². The van der Waals surface area contributed by atoms with Gasteiger partial charge in [0.1, 0.15) is 30.4 Å². The molecule has 3 heterocycles. The zero-order valence-corrected chi connectivity index (χ0v) is 19.0. The summed E-state index contributed by atoms with van der Waals surface area (Å²) in [5, 5.41) is 21.8. The number of nitrogens with one attached hydrogen (secondary N) is 2. The van der Waals surface area contributed by atoms with Gasteiger partial charge in [-0.25, -0.2) is 15.0 Å². The van der Waals surface area contributed by atoms with Crippen LogP contribution in [0.4, 0.5) is 5.82 Å². The van der Waals surface area contributed by atoms with Crippen LogP contribution in [0.15, 0.2) is 30.9 Å². The molecule has 2 unspecified atom stereocenters. The Morgan fingerprint density at radius 2 is 2.18 bits per heavy atom. The van der Waals surface area contributed by atoms with Crippen LogP contribution in [0.25, 0.3) is 11.2 Å². The number of ketones is 1. The lowest BCUT2D eigenvalue weighted by Crippen LogP contribution is -2.36. The first-order valence-electron chi connectivity index (χ1n) is 11.9. The summed E-state index contributed by atoms with van der Waals surface area (Å²) < 4.78 is 6.30. The smallest absolute Gasteiger partial charge is 0.182 e. The number of hydrogen-bond donors (Lipinski definition) is 4. The Bertz CT molecular complexity index is 1150. The van der Waals surface area contributed by atoms with Crippen molar-refractivity contribution >= 4 is 22.8 Å². The monoisotopic (exact) mass is 466 g/mol. The van der Waals surface area contributed by atoms with Gasteiger partial charge in [0.2, 0.25) is 0 Å². The van der Waals surface area contributed by atoms with E-state index in [0.717, 1.165) is 48.5 Å². The molecule has 4 N–H and O–H groups in total. The zero-order chi connectivity index (χ0) is 23.5. The van der Waals surface area contributed by atoms with E-state index in [9.17, 15) is 9.90 Å². The zero-order valence-electron chi connectivity index (χ0n) is 19.0. The van der Waals surface area contributed by atoms with Gasteiger partial charge in [-0.05, 0) is 38.2 Å². The van der Waals surface area contributed by atoms with Crippen LogP contribution < -0.4 is 15.0 Å². The number of aromatic nitrogens is 4. The SMILES string of the molecule is O=C1c2cccc(OC[C@H]3CCCN3c3ncnc4nc[nH]c34)c2CCC1CC(O)NCCO. The van der Waals surface area contributed by atoms with Crippen LogP contribution in [-0.4, -0.2) is 74.5 Å². The maximum atomic E-state index is 13.1. The second kappa shape index (κ2) is 10.0. The van der Waals surface area contributed by atoms with Crippen LogP contribution in [-0.2, 0) is 6.42 Å². The highest BCUT2D eigenvalue weighted by molar-refractivity contribution is 6.00. The number of rotatable bonds is 9. The largest absolute Gasteiger partial charge is 0.491 e. The van der Waals surface area contributed by atoms with Crippen molar-refractivity contribution in [2.24, 2.45) is 5.92 Å². The number of imidazole rings is 1. The standard InChI is InChI=1S/C24H30N6O4/c31-10-8-25-20(32)11-15-6-7-17-18(22(15)33)4-1-5-19(17)34-12-16-3-2-9-30(16)24-21-23(27-13-26-21)28-14-29-24/h1,4-5,13-16,20,25,31-32H,2-3,6-12H2,(H,26,27,28,29)/t15?,16-,20?/m1/s1. The number of aliphatic hydroxyl groups excluding tert-OH is 2. The van der Waals surface area contributed by atoms with Crippen LogP contribution >= 0.6 is 0 Å². The second-order valence-corrected chi connectivity index (χ2v) is 8.91. The number of aromatic amines is 1. The van der Waals surface area contributed by atoms with E-state index in [2.05, 4.69) is 30.2 Å². The molecule has 0 radical (unpaired) electrons. The highest BCUT2D eigenvalue weighted by Gasteiger charge is 2.32. The van der Waals surface area contributed by atoms with Gasteiger partial charge in [-0.15, -0.1) is 0 Å². The molecule has 5 rings (SSSR count). The number of carbonyl (C=O) groups excluding carboxylic acids is 1. The van der Waals surface area contributed by atoms with E-state index in [1.807, 2.05) is 18.2 Å². The molecule has 0 saturated carbocycles. The molecule has 3 atom stereocenters. The number of Topliss-reactive ketones (excluding diaryl/α,β-unsaturated/α-hetero) is 1. The molecule has 0 amide bonds. The molecule has 10 nitrogen and oxygen atoms in total. The maximum Gasteiger partial charge on any atom is 0.182 e. The average molecular weight is 467 g/mol. The Morgan fingerprint density at radius 3 is 3.06 bits per heavy atom. The van der Waals surface area contributed by atoms with Crippen LogP contribution in [0.2, 0.25) is 0 Å². The van der Waals surface area contributed by atoms with E-state index in [0.29, 0.717) is 37.2 Å². The van der Waals surface area contributed by atoms with Crippen LogP contribution in [0, 0.1) is 5.92 Å². The number of aliphatic hydroxyl groups is 2. The Kier molecular flexibility index (Phi) is 6.70. The number of H-pyrrole nitrogens is 1. The summed E-state index contributed by atoms with van der Waals surface area (Å²) >= 11 is 0. The van der Waals surface area contributed by atoms with E-state index in [-0.39, 0.29) is 24.3 Å². The lowest BCUT2D eigenvalue weighted by molar-refractivity contribution is 0.0726. The van der Waals surface area contributed by atoms with E-state index < -0.39 is 6.23 Å². The number of ether oxygens (including phenoxy) is 1. The van der Waals surface area contributed by atoms with Crippen molar-refractivity contribution in [3.05, 3.63) is 42.0 Å². The maximum absolute atomic E-state index is 13.1. The fourth-order valence-corrected chi connectivity index (χ4v) is 5.11. The minimum absolute atomic E-state index is 0.0432. The van der Waals surface area contributed by atoms with Crippen molar-refractivity contribution in [1.82, 2.24) is 25.3 Å². The quantitative estimate of drug-likeness (QED) is 0.345. The third-order valence-corrected chi connectivity index (χ3v) is 6.80. The first kappa shape index (κ1) is 22.7. The van der Waals surface area contributed by atoms with Gasteiger partial charge < -0.3 is 24.8 Å². The molecule has 1 aliphatic heterocycles. The summed E-state index contributed by atoms with van der Waals surface area (Å²) in [7, 11) is 0. The lowest BCUT2D eigenvalue weighted by Gasteiger charge is -2.28. The van der Waals surface area contributed by atoms with Gasteiger partial charge in [-0.3, -0.25) is 10.1 Å². The molecular weight excluding hydrogens is 436 g/mol. The number of anilines is 1. The van der Waals surface area contributed by atoms with E-state index in [4.69, 9.17) is 9.84 Å². The number of benzene rings is 1. The summed E-state index contributed by atoms with van der Waals surface area (Å²) in [6, 6.07) is 5.81. The molecule has 1 fully saturated rings. The van der Waals surface area contributed by atoms with Crippen molar-refractivity contribution in [1.29, 1.82) is 0 Å². The molecule has 2 aliphatic rings. The fourth-order valence-electron chi connectivity index (χ4n) is 5.11. The Hall–Kier alpha value is -3.08. The summed E-state index contributed by atoms with van der Waals surface area (Å²) in [4.78, 5) is 31.4. The summed E-state index contributed by atoms with van der Waals surface area (Å²) in [6.07, 6.45) is 6.14. The third kappa shape index (κ3) is 4.48. The van der Waals surface area contributed by atoms with Gasteiger partial charge in [0.15, 0.2) is 17.2 Å². The molecule has 3 aromatic rings. The summed E-state index contributed by atoms with van der Waals surface area (Å²) in [5.74, 6) is 1.39. The van der Waals surface area contributed by atoms with Gasteiger partial charge in [0, 0.05) is 30.1 Å². The highest BCUT2D eigenvalue weighted by atomic mass is 16.5. The molecule has 180 valence electrons. The van der Waals surface area contributed by atoms with E-state index in [1.54, 1.807) is 12.7 Å². The van der Waals surface area contributed by atoms with Crippen molar-refractivity contribution in [3.8, 4) is 5.75 Å². The molecule has 1 aromatic carbocycles. The van der Waals surface area contributed by atoms with Crippen LogP contribution in [0.3, 0.4) is 0 Å². The Labute approximate surface area is 197 Å². The molecule has 1 saturated heterocycles. The molecule has 0 spiro atoms. The lowest BCUT2D eigenvalue weighted by atomic mass is 9.80. The molecule has 10 heteroatoms.